The molecule has 2 unspecified atom stereocenters. The summed E-state index contributed by atoms with van der Waals surface area (Å²) in [7, 11) is 0. The minimum Gasteiger partial charge on any atom is -0.494 e. The molecule has 0 aromatic heterocycles. The molecular formula is C16H21NO4. The molecule has 0 aliphatic heterocycles. The molecule has 0 bridgehead atoms. The number of aliphatic carboxylic acids is 1. The van der Waals surface area contributed by atoms with E-state index in [1.165, 1.54) is 0 Å². The molecule has 1 aliphatic rings. The van der Waals surface area contributed by atoms with Crippen LogP contribution in [0, 0.1) is 11.8 Å². The van der Waals surface area contributed by atoms with Gasteiger partial charge in [-0.1, -0.05) is 25.1 Å². The van der Waals surface area contributed by atoms with Crippen LogP contribution in [-0.4, -0.2) is 29.6 Å². The number of hydrogen-bond acceptors (Lipinski definition) is 3. The highest BCUT2D eigenvalue weighted by atomic mass is 16.5. The minimum absolute atomic E-state index is 0.0965. The zero-order valence-electron chi connectivity index (χ0n) is 12.1. The Labute approximate surface area is 124 Å². The van der Waals surface area contributed by atoms with Crippen molar-refractivity contribution in [2.75, 3.05) is 6.61 Å². The largest absolute Gasteiger partial charge is 0.494 e. The summed E-state index contributed by atoms with van der Waals surface area (Å²) in [6.07, 6.45) is 2.31. The number of nitrogens with one attached hydrogen (secondary N) is 1. The van der Waals surface area contributed by atoms with E-state index < -0.39 is 12.0 Å². The Hall–Kier alpha value is -2.04. The number of para-hydroxylation sites is 1. The van der Waals surface area contributed by atoms with Gasteiger partial charge in [0.1, 0.15) is 11.8 Å². The Morgan fingerprint density at radius 1 is 1.33 bits per heavy atom. The Kier molecular flexibility index (Phi) is 5.20. The van der Waals surface area contributed by atoms with Crippen molar-refractivity contribution in [2.45, 2.75) is 32.2 Å². The quantitative estimate of drug-likeness (QED) is 0.769. The first kappa shape index (κ1) is 15.4. The van der Waals surface area contributed by atoms with Crippen molar-refractivity contribution in [3.8, 4) is 5.75 Å². The molecule has 5 nitrogen and oxygen atoms in total. The van der Waals surface area contributed by atoms with Crippen LogP contribution in [0.15, 0.2) is 30.3 Å². The number of carboxylic acids is 1. The van der Waals surface area contributed by atoms with E-state index in [9.17, 15) is 9.59 Å². The lowest BCUT2D eigenvalue weighted by Gasteiger charge is -2.17. The van der Waals surface area contributed by atoms with E-state index in [0.29, 0.717) is 13.0 Å². The third-order valence-electron chi connectivity index (χ3n) is 3.67. The van der Waals surface area contributed by atoms with E-state index in [1.807, 2.05) is 30.3 Å². The Balaban J connectivity index is 1.73. The van der Waals surface area contributed by atoms with Crippen LogP contribution < -0.4 is 10.1 Å². The first-order valence-corrected chi connectivity index (χ1v) is 7.29. The summed E-state index contributed by atoms with van der Waals surface area (Å²) in [5, 5.41) is 11.7. The minimum atomic E-state index is -0.946. The van der Waals surface area contributed by atoms with Crippen LogP contribution in [0.3, 0.4) is 0 Å². The van der Waals surface area contributed by atoms with Gasteiger partial charge >= 0.3 is 5.97 Å². The first-order chi connectivity index (χ1) is 10.1. The number of carbonyl (C=O) groups is 2. The molecule has 1 aliphatic carbocycles. The smallest absolute Gasteiger partial charge is 0.326 e. The second-order valence-electron chi connectivity index (χ2n) is 5.51. The van der Waals surface area contributed by atoms with Crippen molar-refractivity contribution < 1.29 is 19.4 Å². The molecule has 0 saturated heterocycles. The second kappa shape index (κ2) is 7.11. The Morgan fingerprint density at radius 3 is 2.57 bits per heavy atom. The van der Waals surface area contributed by atoms with Gasteiger partial charge < -0.3 is 15.2 Å². The van der Waals surface area contributed by atoms with Crippen LogP contribution in [-0.2, 0) is 9.59 Å². The summed E-state index contributed by atoms with van der Waals surface area (Å²) < 4.78 is 5.54. The lowest BCUT2D eigenvalue weighted by molar-refractivity contribution is -0.143. The molecule has 5 heteroatoms. The molecule has 114 valence electrons. The van der Waals surface area contributed by atoms with Crippen LogP contribution >= 0.6 is 0 Å². The number of rotatable bonds is 8. The van der Waals surface area contributed by atoms with Gasteiger partial charge in [-0.15, -0.1) is 0 Å². The molecule has 0 spiro atoms. The van der Waals surface area contributed by atoms with E-state index in [-0.39, 0.29) is 17.7 Å². The summed E-state index contributed by atoms with van der Waals surface area (Å²) in [4.78, 5) is 23.1. The van der Waals surface area contributed by atoms with Gasteiger partial charge in [0.15, 0.2) is 0 Å². The van der Waals surface area contributed by atoms with Crippen LogP contribution in [0.5, 0.6) is 5.75 Å². The van der Waals surface area contributed by atoms with Crippen molar-refractivity contribution >= 4 is 11.9 Å². The molecule has 0 heterocycles. The molecule has 0 radical (unpaired) electrons. The summed E-state index contributed by atoms with van der Waals surface area (Å²) in [6, 6.07) is 8.66. The molecule has 2 N–H and O–H groups in total. The summed E-state index contributed by atoms with van der Waals surface area (Å²) in [5.74, 6) is -0.565. The van der Waals surface area contributed by atoms with Gasteiger partial charge in [-0.3, -0.25) is 4.79 Å². The van der Waals surface area contributed by atoms with Gasteiger partial charge in [0.05, 0.1) is 6.61 Å². The number of carbonyl (C=O) groups excluding carboxylic acids is 1. The fourth-order valence-electron chi connectivity index (χ4n) is 2.11. The van der Waals surface area contributed by atoms with Crippen LogP contribution in [0.2, 0.25) is 0 Å². The fraction of sp³-hybridized carbons (Fsp3) is 0.500. The zero-order valence-corrected chi connectivity index (χ0v) is 12.1. The zero-order chi connectivity index (χ0) is 15.2. The molecule has 21 heavy (non-hydrogen) atoms. The van der Waals surface area contributed by atoms with Crippen LogP contribution in [0.1, 0.15) is 26.2 Å². The monoisotopic (exact) mass is 291 g/mol. The fourth-order valence-corrected chi connectivity index (χ4v) is 2.11. The second-order valence-corrected chi connectivity index (χ2v) is 5.51. The van der Waals surface area contributed by atoms with E-state index in [1.54, 1.807) is 6.92 Å². The molecule has 1 fully saturated rings. The average Bonchev–Trinajstić information content (AvgIpc) is 3.29. The predicted octanol–water partition coefficient (Wildman–Crippen LogP) is 2.07. The van der Waals surface area contributed by atoms with Crippen molar-refractivity contribution in [2.24, 2.45) is 11.8 Å². The summed E-state index contributed by atoms with van der Waals surface area (Å²) >= 11 is 0. The number of benzene rings is 1. The average molecular weight is 291 g/mol. The molecule has 1 aromatic rings. The van der Waals surface area contributed by atoms with Crippen LogP contribution in [0.25, 0.3) is 0 Å². The molecule has 1 saturated carbocycles. The molecule has 1 amide bonds. The van der Waals surface area contributed by atoms with Gasteiger partial charge in [0, 0.05) is 5.92 Å². The van der Waals surface area contributed by atoms with Crippen molar-refractivity contribution in [1.29, 1.82) is 0 Å². The summed E-state index contributed by atoms with van der Waals surface area (Å²) in [5.41, 5.74) is 0. The maximum Gasteiger partial charge on any atom is 0.326 e. The number of amides is 1. The normalized spacial score (nSPS) is 16.8. The van der Waals surface area contributed by atoms with Gasteiger partial charge in [-0.2, -0.15) is 0 Å². The highest BCUT2D eigenvalue weighted by Gasteiger charge is 2.37. The maximum atomic E-state index is 12.0. The van der Waals surface area contributed by atoms with E-state index in [2.05, 4.69) is 5.32 Å². The number of carboxylic acid groups (broad SMARTS) is 1. The summed E-state index contributed by atoms with van der Waals surface area (Å²) in [6.45, 7) is 2.22. The van der Waals surface area contributed by atoms with Crippen LogP contribution in [0.4, 0.5) is 0 Å². The lowest BCUT2D eigenvalue weighted by atomic mass is 10.1. The third kappa shape index (κ3) is 4.77. The highest BCUT2D eigenvalue weighted by molar-refractivity contribution is 5.85. The van der Waals surface area contributed by atoms with Gasteiger partial charge in [-0.25, -0.2) is 4.79 Å². The first-order valence-electron chi connectivity index (χ1n) is 7.29. The van der Waals surface area contributed by atoms with Crippen molar-refractivity contribution in [3.63, 3.8) is 0 Å². The maximum absolute atomic E-state index is 12.0. The van der Waals surface area contributed by atoms with Crippen molar-refractivity contribution in [3.05, 3.63) is 30.3 Å². The van der Waals surface area contributed by atoms with E-state index in [0.717, 1.165) is 18.6 Å². The standard InChI is InChI=1S/C16H21NO4/c1-11(9-10-21-13-5-3-2-4-6-13)15(18)17-14(16(19)20)12-7-8-12/h2-6,11-12,14H,7-10H2,1H3,(H,17,18)(H,19,20). The molecular weight excluding hydrogens is 270 g/mol. The van der Waals surface area contributed by atoms with E-state index >= 15 is 0 Å². The van der Waals surface area contributed by atoms with Gasteiger partial charge in [-0.05, 0) is 37.3 Å². The number of ether oxygens (including phenoxy) is 1. The SMILES string of the molecule is CC(CCOc1ccccc1)C(=O)NC(C(=O)O)C1CC1. The Morgan fingerprint density at radius 2 is 2.00 bits per heavy atom. The van der Waals surface area contributed by atoms with Crippen molar-refractivity contribution in [1.82, 2.24) is 5.32 Å². The predicted molar refractivity (Wildman–Crippen MR) is 78.0 cm³/mol. The lowest BCUT2D eigenvalue weighted by Crippen LogP contribution is -2.44. The topological polar surface area (TPSA) is 75.6 Å². The number of hydrogen-bond donors (Lipinski definition) is 2. The Bertz CT molecular complexity index is 484. The highest BCUT2D eigenvalue weighted by Crippen LogP contribution is 2.32. The van der Waals surface area contributed by atoms with Gasteiger partial charge in [0.25, 0.3) is 0 Å². The molecule has 2 atom stereocenters. The molecule has 1 aromatic carbocycles. The van der Waals surface area contributed by atoms with Gasteiger partial charge in [0.2, 0.25) is 5.91 Å². The third-order valence-corrected chi connectivity index (χ3v) is 3.67. The molecule has 2 rings (SSSR count). The van der Waals surface area contributed by atoms with E-state index in [4.69, 9.17) is 9.84 Å².